The molecule has 0 aliphatic rings. The van der Waals surface area contributed by atoms with Gasteiger partial charge in [-0.15, -0.1) is 0 Å². The molecule has 78 heavy (non-hydrogen) atoms. The quantitative estimate of drug-likeness (QED) is 0.0261. The van der Waals surface area contributed by atoms with Crippen LogP contribution in [0.15, 0.2) is 109 Å². The molecule has 0 N–H and O–H groups in total. The summed E-state index contributed by atoms with van der Waals surface area (Å²) in [7, 11) is 0. The lowest BCUT2D eigenvalue weighted by Gasteiger charge is -2.18. The number of carbonyl (C=O) groups excluding carboxylic acids is 3. The van der Waals surface area contributed by atoms with Gasteiger partial charge in [0.05, 0.1) is 0 Å². The van der Waals surface area contributed by atoms with Crippen LogP contribution >= 0.6 is 0 Å². The van der Waals surface area contributed by atoms with Crippen LogP contribution in [-0.4, -0.2) is 37.2 Å². The van der Waals surface area contributed by atoms with E-state index in [2.05, 4.69) is 130 Å². The van der Waals surface area contributed by atoms with E-state index in [0.717, 1.165) is 122 Å². The smallest absolute Gasteiger partial charge is 0.306 e. The molecule has 6 heteroatoms. The second-order valence-corrected chi connectivity index (χ2v) is 21.6. The molecule has 0 aliphatic carbocycles. The monoisotopic (exact) mass is 1080 g/mol. The van der Waals surface area contributed by atoms with E-state index >= 15 is 0 Å². The summed E-state index contributed by atoms with van der Waals surface area (Å²) in [5, 5.41) is 0. The maximum atomic E-state index is 12.9. The number of ether oxygens (including phenoxy) is 3. The zero-order valence-corrected chi connectivity index (χ0v) is 51.2. The molecule has 0 amide bonds. The largest absolute Gasteiger partial charge is 0.462 e. The topological polar surface area (TPSA) is 78.9 Å². The number of unbranched alkanes of at least 4 members (excludes halogenated alkanes) is 30. The van der Waals surface area contributed by atoms with Crippen molar-refractivity contribution >= 4 is 17.9 Å². The van der Waals surface area contributed by atoms with Crippen LogP contribution in [0, 0.1) is 0 Å². The van der Waals surface area contributed by atoms with E-state index in [4.69, 9.17) is 14.2 Å². The maximum absolute atomic E-state index is 12.9. The normalized spacial score (nSPS) is 12.8. The number of rotatable bonds is 59. The van der Waals surface area contributed by atoms with Crippen LogP contribution in [0.1, 0.15) is 310 Å². The van der Waals surface area contributed by atoms with Crippen LogP contribution in [0.2, 0.25) is 0 Å². The summed E-state index contributed by atoms with van der Waals surface area (Å²) < 4.78 is 16.9. The van der Waals surface area contributed by atoms with Crippen molar-refractivity contribution in [2.75, 3.05) is 13.2 Å². The van der Waals surface area contributed by atoms with Crippen molar-refractivity contribution in [1.82, 2.24) is 0 Å². The summed E-state index contributed by atoms with van der Waals surface area (Å²) >= 11 is 0. The highest BCUT2D eigenvalue weighted by atomic mass is 16.6. The van der Waals surface area contributed by atoms with Gasteiger partial charge in [0.1, 0.15) is 13.2 Å². The van der Waals surface area contributed by atoms with Crippen molar-refractivity contribution in [3.63, 3.8) is 0 Å². The lowest BCUT2D eigenvalue weighted by molar-refractivity contribution is -0.167. The summed E-state index contributed by atoms with van der Waals surface area (Å²) in [5.41, 5.74) is 0. The van der Waals surface area contributed by atoms with E-state index in [-0.39, 0.29) is 31.1 Å². The van der Waals surface area contributed by atoms with Gasteiger partial charge in [-0.25, -0.2) is 0 Å². The summed E-state index contributed by atoms with van der Waals surface area (Å²) in [4.78, 5) is 38.3. The Morgan fingerprint density at radius 1 is 0.269 bits per heavy atom. The molecule has 0 spiro atoms. The molecule has 0 aromatic rings. The highest BCUT2D eigenvalue weighted by Gasteiger charge is 2.19. The third kappa shape index (κ3) is 62.9. The van der Waals surface area contributed by atoms with Gasteiger partial charge in [-0.3, -0.25) is 14.4 Å². The molecule has 446 valence electrons. The van der Waals surface area contributed by atoms with E-state index in [9.17, 15) is 14.4 Å². The van der Waals surface area contributed by atoms with E-state index < -0.39 is 6.10 Å². The van der Waals surface area contributed by atoms with Crippen LogP contribution in [0.3, 0.4) is 0 Å². The van der Waals surface area contributed by atoms with E-state index in [1.165, 1.54) is 148 Å². The minimum Gasteiger partial charge on any atom is -0.462 e. The first-order chi connectivity index (χ1) is 38.5. The highest BCUT2D eigenvalue weighted by molar-refractivity contribution is 5.71. The average molecular weight is 1080 g/mol. The molecule has 1 unspecified atom stereocenters. The molecule has 0 saturated carbocycles. The lowest BCUT2D eigenvalue weighted by Crippen LogP contribution is -2.30. The van der Waals surface area contributed by atoms with Crippen LogP contribution < -0.4 is 0 Å². The van der Waals surface area contributed by atoms with Gasteiger partial charge in [-0.2, -0.15) is 0 Å². The first-order valence-corrected chi connectivity index (χ1v) is 32.9. The second kappa shape index (κ2) is 65.6. The van der Waals surface area contributed by atoms with Crippen LogP contribution in [0.5, 0.6) is 0 Å². The Bertz CT molecular complexity index is 1570. The van der Waals surface area contributed by atoms with Gasteiger partial charge in [-0.05, 0) is 103 Å². The first-order valence-electron chi connectivity index (χ1n) is 32.9. The number of carbonyl (C=O) groups is 3. The van der Waals surface area contributed by atoms with Crippen LogP contribution in [-0.2, 0) is 28.6 Å². The van der Waals surface area contributed by atoms with Gasteiger partial charge in [0.25, 0.3) is 0 Å². The third-order valence-corrected chi connectivity index (χ3v) is 14.0. The summed E-state index contributed by atoms with van der Waals surface area (Å²) in [5.74, 6) is -0.940. The molecule has 0 radical (unpaired) electrons. The van der Waals surface area contributed by atoms with Gasteiger partial charge in [0.15, 0.2) is 6.10 Å². The van der Waals surface area contributed by atoms with Crippen molar-refractivity contribution in [3.8, 4) is 0 Å². The summed E-state index contributed by atoms with van der Waals surface area (Å²) in [6, 6.07) is 0. The van der Waals surface area contributed by atoms with Crippen molar-refractivity contribution < 1.29 is 28.6 Å². The molecule has 0 rings (SSSR count). The Hall–Kier alpha value is -3.93. The van der Waals surface area contributed by atoms with Crippen molar-refractivity contribution in [1.29, 1.82) is 0 Å². The van der Waals surface area contributed by atoms with Gasteiger partial charge in [0, 0.05) is 19.3 Å². The van der Waals surface area contributed by atoms with E-state index in [0.29, 0.717) is 19.3 Å². The van der Waals surface area contributed by atoms with E-state index in [1.807, 2.05) is 0 Å². The van der Waals surface area contributed by atoms with Crippen molar-refractivity contribution in [3.05, 3.63) is 109 Å². The average Bonchev–Trinajstić information content (AvgIpc) is 3.44. The SMILES string of the molecule is CC/C=C\C/C=C\C/C=C\C/C=C\C/C=C\C/C=C\C/C=C\C/C=C\CCCCC(=O)OCC(COC(=O)CCCCCCC/C=C\CCCC)OC(=O)CCCCCCCCCCCCCCCCCCCCCCCC. The molecule has 0 fully saturated rings. The number of esters is 3. The fraction of sp³-hybridized carbons (Fsp3) is 0.708. The molecule has 6 nitrogen and oxygen atoms in total. The van der Waals surface area contributed by atoms with Gasteiger partial charge in [0.2, 0.25) is 0 Å². The van der Waals surface area contributed by atoms with Gasteiger partial charge >= 0.3 is 17.9 Å². The van der Waals surface area contributed by atoms with E-state index in [1.54, 1.807) is 0 Å². The minimum absolute atomic E-state index is 0.0950. The zero-order chi connectivity index (χ0) is 56.4. The molecular formula is C72H122O6. The van der Waals surface area contributed by atoms with Gasteiger partial charge < -0.3 is 14.2 Å². The molecule has 1 atom stereocenters. The molecule has 0 heterocycles. The summed E-state index contributed by atoms with van der Waals surface area (Å²) in [6.07, 6.45) is 89.7. The van der Waals surface area contributed by atoms with Crippen LogP contribution in [0.25, 0.3) is 0 Å². The fourth-order valence-corrected chi connectivity index (χ4v) is 9.09. The summed E-state index contributed by atoms with van der Waals surface area (Å²) in [6.45, 7) is 6.47. The predicted octanol–water partition coefficient (Wildman–Crippen LogP) is 22.6. The molecule has 0 saturated heterocycles. The number of allylic oxidation sites excluding steroid dienone is 18. The van der Waals surface area contributed by atoms with Gasteiger partial charge in [-0.1, -0.05) is 297 Å². The predicted molar refractivity (Wildman–Crippen MR) is 339 cm³/mol. The second-order valence-electron chi connectivity index (χ2n) is 21.6. The first kappa shape index (κ1) is 74.1. The Morgan fingerprint density at radius 3 is 0.859 bits per heavy atom. The maximum Gasteiger partial charge on any atom is 0.306 e. The Balaban J connectivity index is 4.36. The zero-order valence-electron chi connectivity index (χ0n) is 51.2. The lowest BCUT2D eigenvalue weighted by atomic mass is 10.0. The molecular weight excluding hydrogens is 961 g/mol. The Morgan fingerprint density at radius 2 is 0.513 bits per heavy atom. The number of hydrogen-bond donors (Lipinski definition) is 0. The molecule has 0 bridgehead atoms. The van der Waals surface area contributed by atoms with Crippen LogP contribution in [0.4, 0.5) is 0 Å². The molecule has 0 aliphatic heterocycles. The molecule has 0 aromatic carbocycles. The molecule has 0 aromatic heterocycles. The Kier molecular flexibility index (Phi) is 62.3. The third-order valence-electron chi connectivity index (χ3n) is 14.0. The Labute approximate surface area is 482 Å². The standard InChI is InChI=1S/C72H122O6/c1-4-7-10-13-16-19-22-24-26-28-30-32-34-35-36-37-38-40-41-43-45-47-50-53-56-59-62-65-71(74)77-68-69(67-76-70(73)64-61-58-55-52-49-21-18-15-12-9-6-3)78-72(75)66-63-60-57-54-51-48-46-44-42-39-33-31-29-27-25-23-20-17-14-11-8-5-2/h7,10,15-16,18-19,24,26,30,32,35-36,38,40,43,45,50,53,69H,4-6,8-9,11-14,17,20-23,25,27-29,31,33-34,37,39,41-42,44,46-49,51-52,54-68H2,1-3H3/b10-7-,18-15-,19-16-,26-24-,32-30-,36-35-,40-38-,45-43-,53-50-. The number of hydrogen-bond acceptors (Lipinski definition) is 6. The van der Waals surface area contributed by atoms with Crippen molar-refractivity contribution in [2.24, 2.45) is 0 Å². The fourth-order valence-electron chi connectivity index (χ4n) is 9.09. The van der Waals surface area contributed by atoms with Crippen molar-refractivity contribution in [2.45, 2.75) is 316 Å². The highest BCUT2D eigenvalue weighted by Crippen LogP contribution is 2.17. The minimum atomic E-state index is -0.800.